The molecule has 8 nitrogen and oxygen atoms in total. The topological polar surface area (TPSA) is 105 Å². The van der Waals surface area contributed by atoms with Gasteiger partial charge in [0.2, 0.25) is 5.91 Å². The van der Waals surface area contributed by atoms with Crippen LogP contribution in [0, 0.1) is 0 Å². The minimum Gasteiger partial charge on any atom is -0.391 e. The van der Waals surface area contributed by atoms with Crippen molar-refractivity contribution in [3.63, 3.8) is 0 Å². The number of carbonyl (C=O) groups excluding carboxylic acids is 1. The van der Waals surface area contributed by atoms with Crippen LogP contribution in [-0.2, 0) is 18.4 Å². The molecule has 0 aliphatic heterocycles. The first kappa shape index (κ1) is 65.5. The third-order valence-electron chi connectivity index (χ3n) is 13.9. The van der Waals surface area contributed by atoms with E-state index >= 15 is 0 Å². The van der Waals surface area contributed by atoms with E-state index in [9.17, 15) is 19.4 Å². The number of hydrogen-bond donors (Lipinski definition) is 3. The summed E-state index contributed by atoms with van der Waals surface area (Å²) in [6, 6.07) is -0.753. The van der Waals surface area contributed by atoms with Crippen LogP contribution >= 0.6 is 7.82 Å². The van der Waals surface area contributed by atoms with Gasteiger partial charge in [-0.25, -0.2) is 4.57 Å². The molecular formula is C57H118N2O6P+. The number of amides is 1. The summed E-state index contributed by atoms with van der Waals surface area (Å²) in [5, 5.41) is 14.0. The Morgan fingerprint density at radius 1 is 0.455 bits per heavy atom. The van der Waals surface area contributed by atoms with E-state index in [1.54, 1.807) is 0 Å². The van der Waals surface area contributed by atoms with Crippen LogP contribution in [0.1, 0.15) is 309 Å². The van der Waals surface area contributed by atoms with E-state index in [4.69, 9.17) is 9.05 Å². The molecule has 66 heavy (non-hydrogen) atoms. The number of rotatable bonds is 55. The van der Waals surface area contributed by atoms with Crippen molar-refractivity contribution in [2.24, 2.45) is 0 Å². The van der Waals surface area contributed by atoms with Crippen molar-refractivity contribution >= 4 is 13.7 Å². The molecule has 396 valence electrons. The molecule has 3 atom stereocenters. The van der Waals surface area contributed by atoms with Crippen LogP contribution in [0.5, 0.6) is 0 Å². The van der Waals surface area contributed by atoms with E-state index < -0.39 is 20.0 Å². The first-order chi connectivity index (χ1) is 32.0. The van der Waals surface area contributed by atoms with Crippen molar-refractivity contribution in [3.05, 3.63) is 0 Å². The molecule has 0 spiro atoms. The van der Waals surface area contributed by atoms with E-state index in [1.165, 1.54) is 244 Å². The number of phosphoric ester groups is 1. The molecule has 0 saturated carbocycles. The largest absolute Gasteiger partial charge is 0.472 e. The fourth-order valence-corrected chi connectivity index (χ4v) is 9.96. The molecule has 0 fully saturated rings. The second-order valence-electron chi connectivity index (χ2n) is 21.7. The molecule has 0 aliphatic carbocycles. The van der Waals surface area contributed by atoms with Gasteiger partial charge in [0.1, 0.15) is 13.2 Å². The Morgan fingerprint density at radius 3 is 1.02 bits per heavy atom. The number of aliphatic hydroxyl groups excluding tert-OH is 1. The normalized spacial score (nSPS) is 13.9. The SMILES string of the molecule is CCCCCCCCCCCCCCCCCCCCCCCCCCCCCCCCCCCC(=O)NC(COP(=O)(O)OCC[N+](C)(C)C)C(O)CCCCCCCCCCCCC. The summed E-state index contributed by atoms with van der Waals surface area (Å²) in [5.41, 5.74) is 0. The highest BCUT2D eigenvalue weighted by molar-refractivity contribution is 7.47. The van der Waals surface area contributed by atoms with Crippen molar-refractivity contribution in [2.45, 2.75) is 321 Å². The van der Waals surface area contributed by atoms with Crippen LogP contribution in [0.25, 0.3) is 0 Å². The summed E-state index contributed by atoms with van der Waals surface area (Å²) in [5.74, 6) is -0.138. The van der Waals surface area contributed by atoms with Crippen molar-refractivity contribution < 1.29 is 32.9 Å². The monoisotopic (exact) mass is 958 g/mol. The molecule has 3 unspecified atom stereocenters. The van der Waals surface area contributed by atoms with Crippen LogP contribution in [0.3, 0.4) is 0 Å². The fourth-order valence-electron chi connectivity index (χ4n) is 9.23. The Hall–Kier alpha value is -0.500. The molecule has 0 aromatic heterocycles. The first-order valence-corrected chi connectivity index (χ1v) is 30.9. The Kier molecular flexibility index (Phi) is 49.1. The van der Waals surface area contributed by atoms with Crippen LogP contribution in [-0.4, -0.2) is 73.4 Å². The lowest BCUT2D eigenvalue weighted by molar-refractivity contribution is -0.870. The zero-order chi connectivity index (χ0) is 48.5. The van der Waals surface area contributed by atoms with E-state index in [0.29, 0.717) is 23.9 Å². The molecular weight excluding hydrogens is 840 g/mol. The maximum Gasteiger partial charge on any atom is 0.472 e. The van der Waals surface area contributed by atoms with Crippen molar-refractivity contribution in [3.8, 4) is 0 Å². The molecule has 0 bridgehead atoms. The second-order valence-corrected chi connectivity index (χ2v) is 23.2. The molecule has 0 aromatic carbocycles. The molecule has 0 aliphatic rings. The van der Waals surface area contributed by atoms with Gasteiger partial charge >= 0.3 is 7.82 Å². The van der Waals surface area contributed by atoms with Crippen molar-refractivity contribution in [1.29, 1.82) is 0 Å². The van der Waals surface area contributed by atoms with Crippen LogP contribution in [0.4, 0.5) is 0 Å². The standard InChI is InChI=1S/C57H117N2O6P/c1-6-8-10-12-14-16-18-19-20-21-22-23-24-25-26-27-28-29-30-31-32-33-34-35-36-37-38-39-41-43-45-47-49-51-57(61)58-55(54-65-66(62,63)64-53-52-59(3,4)5)56(60)50-48-46-44-42-40-17-15-13-11-9-7-2/h55-56,60H,6-54H2,1-5H3,(H-,58,61,62,63)/p+1. The predicted octanol–water partition coefficient (Wildman–Crippen LogP) is 17.7. The predicted molar refractivity (Wildman–Crippen MR) is 286 cm³/mol. The summed E-state index contributed by atoms with van der Waals surface area (Å²) in [4.78, 5) is 23.2. The van der Waals surface area contributed by atoms with Gasteiger partial charge < -0.3 is 19.8 Å². The average Bonchev–Trinajstić information content (AvgIpc) is 3.28. The molecule has 1 amide bonds. The van der Waals surface area contributed by atoms with Gasteiger partial charge in [-0.1, -0.05) is 290 Å². The Bertz CT molecular complexity index is 1040. The molecule has 9 heteroatoms. The third-order valence-corrected chi connectivity index (χ3v) is 14.8. The number of nitrogens with zero attached hydrogens (tertiary/aromatic N) is 1. The number of carbonyl (C=O) groups is 1. The average molecular weight is 959 g/mol. The zero-order valence-electron chi connectivity index (χ0n) is 45.2. The number of hydrogen-bond acceptors (Lipinski definition) is 5. The number of likely N-dealkylation sites (N-methyl/N-ethyl adjacent to an activating group) is 1. The summed E-state index contributed by atoms with van der Waals surface area (Å²) < 4.78 is 23.7. The van der Waals surface area contributed by atoms with Gasteiger partial charge in [-0.2, -0.15) is 0 Å². The molecule has 0 radical (unpaired) electrons. The summed E-state index contributed by atoms with van der Waals surface area (Å²) in [6.07, 6.45) is 59.0. The number of quaternary nitrogens is 1. The summed E-state index contributed by atoms with van der Waals surface area (Å²) in [7, 11) is 1.63. The van der Waals surface area contributed by atoms with Crippen molar-refractivity contribution in [2.75, 3.05) is 40.9 Å². The smallest absolute Gasteiger partial charge is 0.391 e. The Labute approximate surface area is 412 Å². The molecule has 0 rings (SSSR count). The fraction of sp³-hybridized carbons (Fsp3) is 0.982. The van der Waals surface area contributed by atoms with Gasteiger partial charge in [-0.3, -0.25) is 13.8 Å². The quantitative estimate of drug-likeness (QED) is 0.0319. The van der Waals surface area contributed by atoms with E-state index in [2.05, 4.69) is 19.2 Å². The maximum atomic E-state index is 13.0. The highest BCUT2D eigenvalue weighted by Gasteiger charge is 2.28. The van der Waals surface area contributed by atoms with E-state index in [0.717, 1.165) is 38.5 Å². The van der Waals surface area contributed by atoms with Gasteiger partial charge in [-0.15, -0.1) is 0 Å². The van der Waals surface area contributed by atoms with Gasteiger partial charge in [0.15, 0.2) is 0 Å². The molecule has 3 N–H and O–H groups in total. The third kappa shape index (κ3) is 51.4. The zero-order valence-corrected chi connectivity index (χ0v) is 46.1. The van der Waals surface area contributed by atoms with E-state index in [-0.39, 0.29) is 19.1 Å². The number of unbranched alkanes of at least 4 members (excludes halogenated alkanes) is 42. The second kappa shape index (κ2) is 49.5. The van der Waals surface area contributed by atoms with E-state index in [1.807, 2.05) is 21.1 Å². The molecule has 0 aromatic rings. The number of aliphatic hydroxyl groups is 1. The Balaban J connectivity index is 3.87. The van der Waals surface area contributed by atoms with Crippen molar-refractivity contribution in [1.82, 2.24) is 5.32 Å². The Morgan fingerprint density at radius 2 is 0.727 bits per heavy atom. The van der Waals surface area contributed by atoms with Crippen LogP contribution in [0.15, 0.2) is 0 Å². The van der Waals surface area contributed by atoms with Gasteiger partial charge in [0.05, 0.1) is 39.9 Å². The van der Waals surface area contributed by atoms with Crippen LogP contribution < -0.4 is 5.32 Å². The number of nitrogens with one attached hydrogen (secondary N) is 1. The highest BCUT2D eigenvalue weighted by Crippen LogP contribution is 2.43. The highest BCUT2D eigenvalue weighted by atomic mass is 31.2. The van der Waals surface area contributed by atoms with Crippen LogP contribution in [0.2, 0.25) is 0 Å². The van der Waals surface area contributed by atoms with Gasteiger partial charge in [0, 0.05) is 6.42 Å². The maximum absolute atomic E-state index is 13.0. The lowest BCUT2D eigenvalue weighted by Crippen LogP contribution is -2.46. The number of phosphoric acid groups is 1. The summed E-state index contributed by atoms with van der Waals surface area (Å²) >= 11 is 0. The van der Waals surface area contributed by atoms with Gasteiger partial charge in [-0.05, 0) is 12.8 Å². The summed E-state index contributed by atoms with van der Waals surface area (Å²) in [6.45, 7) is 4.92. The van der Waals surface area contributed by atoms with Gasteiger partial charge in [0.25, 0.3) is 0 Å². The first-order valence-electron chi connectivity index (χ1n) is 29.4. The molecule has 0 heterocycles. The minimum absolute atomic E-state index is 0.0787. The lowest BCUT2D eigenvalue weighted by atomic mass is 10.0. The molecule has 0 saturated heterocycles. The lowest BCUT2D eigenvalue weighted by Gasteiger charge is -2.26. The minimum atomic E-state index is -4.31.